The number of azo groups is 1. The molecule has 0 fully saturated rings. The van der Waals surface area contributed by atoms with E-state index in [1.807, 2.05) is 43.3 Å². The Morgan fingerprint density at radius 3 is 2.53 bits per heavy atom. The van der Waals surface area contributed by atoms with Crippen LogP contribution < -0.4 is 34.5 Å². The first-order valence-electron chi connectivity index (χ1n) is 10.1. The fraction of sp³-hybridized carbons (Fsp3) is 0.174. The number of thiazole rings is 1. The second-order valence-corrected chi connectivity index (χ2v) is 10.2. The zero-order chi connectivity index (χ0) is 23.6. The molecule has 170 valence electrons. The second kappa shape index (κ2) is 11.3. The summed E-state index contributed by atoms with van der Waals surface area (Å²) >= 11 is 7.50. The Hall–Kier alpha value is -1.85. The molecule has 34 heavy (non-hydrogen) atoms. The first kappa shape index (κ1) is 26.7. The summed E-state index contributed by atoms with van der Waals surface area (Å²) in [4.78, 5) is 6.28. The fourth-order valence-electron chi connectivity index (χ4n) is 3.35. The summed E-state index contributed by atoms with van der Waals surface area (Å²) in [6.07, 6.45) is 0. The first-order valence-corrected chi connectivity index (χ1v) is 12.7. The molecule has 0 aliphatic heterocycles. The molecule has 0 radical (unpaired) electrons. The smallest absolute Gasteiger partial charge is 0.744 e. The van der Waals surface area contributed by atoms with Crippen molar-refractivity contribution in [2.75, 3.05) is 11.4 Å². The quantitative estimate of drug-likeness (QED) is 0.210. The molecule has 0 N–H and O–H groups in total. The van der Waals surface area contributed by atoms with E-state index < -0.39 is 10.1 Å². The largest absolute Gasteiger partial charge is 1.00 e. The molecule has 4 rings (SSSR count). The molecule has 0 aliphatic rings. The van der Waals surface area contributed by atoms with Gasteiger partial charge in [-0.2, -0.15) is 0 Å². The maximum absolute atomic E-state index is 11.2. The number of rotatable bonds is 7. The summed E-state index contributed by atoms with van der Waals surface area (Å²) in [6.45, 7) is 5.57. The monoisotopic (exact) mass is 522 g/mol. The Labute approximate surface area is 229 Å². The predicted octanol–water partition coefficient (Wildman–Crippen LogP) is 3.61. The van der Waals surface area contributed by atoms with Gasteiger partial charge in [0.2, 0.25) is 5.13 Å². The Morgan fingerprint density at radius 2 is 1.85 bits per heavy atom. The van der Waals surface area contributed by atoms with Gasteiger partial charge in [0.05, 0.1) is 20.8 Å². The van der Waals surface area contributed by atoms with Gasteiger partial charge in [-0.25, -0.2) is 13.4 Å². The van der Waals surface area contributed by atoms with Crippen LogP contribution in [-0.2, 0) is 16.7 Å². The first-order chi connectivity index (χ1) is 15.7. The van der Waals surface area contributed by atoms with E-state index in [-0.39, 0.29) is 34.5 Å². The molecule has 0 aliphatic carbocycles. The number of fused-ring (bicyclic) bond motifs is 1. The van der Waals surface area contributed by atoms with Crippen LogP contribution in [0.4, 0.5) is 16.5 Å². The minimum Gasteiger partial charge on any atom is -0.744 e. The van der Waals surface area contributed by atoms with Gasteiger partial charge in [0.1, 0.15) is 10.1 Å². The second-order valence-electron chi connectivity index (χ2n) is 7.36. The van der Waals surface area contributed by atoms with Gasteiger partial charge < -0.3 is 9.45 Å². The van der Waals surface area contributed by atoms with Gasteiger partial charge in [-0.15, -0.1) is 10.2 Å². The fourth-order valence-corrected chi connectivity index (χ4v) is 4.95. The Kier molecular flexibility index (Phi) is 8.86. The van der Waals surface area contributed by atoms with Crippen LogP contribution in [0.2, 0.25) is 5.02 Å². The standard InChI is InChI=1S/C23H21ClN4O3S2.Na/c1-3-28(14-16-6-4-5-7-19(16)24)17-8-10-20(15(2)12-17)26-27-23-25-21-11-9-18(33(29,30)31)13-22(21)32-23;/h4-13H,3,14H2,1-2H3,(H,29,30,31);/q;+1/p-1. The van der Waals surface area contributed by atoms with Crippen molar-refractivity contribution in [2.45, 2.75) is 25.3 Å². The predicted molar refractivity (Wildman–Crippen MR) is 131 cm³/mol. The number of benzene rings is 3. The van der Waals surface area contributed by atoms with Crippen molar-refractivity contribution in [1.82, 2.24) is 4.98 Å². The van der Waals surface area contributed by atoms with Crippen molar-refractivity contribution in [3.63, 3.8) is 0 Å². The summed E-state index contributed by atoms with van der Waals surface area (Å²) in [5.41, 5.74) is 4.34. The number of hydrogen-bond donors (Lipinski definition) is 0. The molecule has 0 unspecified atom stereocenters. The summed E-state index contributed by atoms with van der Waals surface area (Å²) < 4.78 is 34.2. The molecule has 1 heterocycles. The molecule has 4 aromatic rings. The van der Waals surface area contributed by atoms with E-state index in [1.165, 1.54) is 29.5 Å². The van der Waals surface area contributed by atoms with Crippen molar-refractivity contribution in [3.05, 3.63) is 76.8 Å². The molecular weight excluding hydrogens is 503 g/mol. The van der Waals surface area contributed by atoms with Crippen molar-refractivity contribution < 1.29 is 42.5 Å². The van der Waals surface area contributed by atoms with Crippen LogP contribution in [0.5, 0.6) is 0 Å². The third-order valence-corrected chi connectivity index (χ3v) is 7.23. The number of halogens is 1. The van der Waals surface area contributed by atoms with E-state index in [4.69, 9.17) is 11.6 Å². The van der Waals surface area contributed by atoms with E-state index in [2.05, 4.69) is 33.1 Å². The summed E-state index contributed by atoms with van der Waals surface area (Å²) in [5, 5.41) is 9.66. The molecule has 7 nitrogen and oxygen atoms in total. The Bertz CT molecular complexity index is 1460. The van der Waals surface area contributed by atoms with Crippen LogP contribution in [0.3, 0.4) is 0 Å². The molecule has 11 heteroatoms. The number of hydrogen-bond acceptors (Lipinski definition) is 8. The molecule has 0 saturated carbocycles. The molecule has 1 aromatic heterocycles. The molecular formula is C23H20ClN4NaO3S2. The van der Waals surface area contributed by atoms with Crippen molar-refractivity contribution in [1.29, 1.82) is 0 Å². The van der Waals surface area contributed by atoms with Crippen molar-refractivity contribution in [2.24, 2.45) is 10.2 Å². The maximum Gasteiger partial charge on any atom is 1.00 e. The SMILES string of the molecule is CCN(Cc1ccccc1Cl)c1ccc(N=Nc2nc3ccc(S(=O)(=O)[O-])cc3s2)c(C)c1.[Na+]. The number of aryl methyl sites for hydroxylation is 1. The molecule has 3 aromatic carbocycles. The van der Waals surface area contributed by atoms with Crippen molar-refractivity contribution in [3.8, 4) is 0 Å². The molecule has 0 bridgehead atoms. The number of nitrogens with zero attached hydrogens (tertiary/aromatic N) is 4. The maximum atomic E-state index is 11.2. The molecule has 0 amide bonds. The number of aromatic nitrogens is 1. The zero-order valence-corrected chi connectivity index (χ0v) is 23.3. The van der Waals surface area contributed by atoms with Gasteiger partial charge in [0.25, 0.3) is 0 Å². The van der Waals surface area contributed by atoms with Gasteiger partial charge >= 0.3 is 29.6 Å². The molecule has 0 atom stereocenters. The van der Waals surface area contributed by atoms with Crippen LogP contribution >= 0.6 is 22.9 Å². The zero-order valence-electron chi connectivity index (χ0n) is 18.9. The van der Waals surface area contributed by atoms with Crippen LogP contribution in [0, 0.1) is 6.92 Å². The summed E-state index contributed by atoms with van der Waals surface area (Å²) in [7, 11) is -4.52. The topological polar surface area (TPSA) is 98.1 Å². The number of anilines is 1. The normalized spacial score (nSPS) is 11.6. The Balaban J connectivity index is 0.00000324. The minimum atomic E-state index is -4.52. The van der Waals surface area contributed by atoms with Gasteiger partial charge in [-0.1, -0.05) is 41.1 Å². The molecule has 0 spiro atoms. The van der Waals surface area contributed by atoms with Crippen LogP contribution in [0.15, 0.2) is 75.8 Å². The Morgan fingerprint density at radius 1 is 1.09 bits per heavy atom. The minimum absolute atomic E-state index is 0. The average Bonchev–Trinajstić information content (AvgIpc) is 3.19. The third-order valence-electron chi connectivity index (χ3n) is 5.13. The summed E-state index contributed by atoms with van der Waals surface area (Å²) in [5.74, 6) is 0. The van der Waals surface area contributed by atoms with Crippen LogP contribution in [0.25, 0.3) is 10.2 Å². The average molecular weight is 523 g/mol. The van der Waals surface area contributed by atoms with Crippen LogP contribution in [-0.4, -0.2) is 24.5 Å². The van der Waals surface area contributed by atoms with E-state index in [0.29, 0.717) is 27.6 Å². The van der Waals surface area contributed by atoms with Crippen molar-refractivity contribution >= 4 is 59.8 Å². The summed E-state index contributed by atoms with van der Waals surface area (Å²) in [6, 6.07) is 17.8. The van der Waals surface area contributed by atoms with Gasteiger partial charge in [-0.3, -0.25) is 0 Å². The van der Waals surface area contributed by atoms with Gasteiger partial charge in [-0.05, 0) is 67.4 Å². The van der Waals surface area contributed by atoms with E-state index in [9.17, 15) is 13.0 Å². The van der Waals surface area contributed by atoms with E-state index >= 15 is 0 Å². The van der Waals surface area contributed by atoms with Gasteiger partial charge in [0, 0.05) is 23.8 Å². The van der Waals surface area contributed by atoms with Crippen LogP contribution in [0.1, 0.15) is 18.1 Å². The van der Waals surface area contributed by atoms with E-state index in [0.717, 1.165) is 28.4 Å². The van der Waals surface area contributed by atoms with Gasteiger partial charge in [0.15, 0.2) is 0 Å². The third kappa shape index (κ3) is 6.23. The van der Waals surface area contributed by atoms with E-state index in [1.54, 1.807) is 0 Å². The molecule has 0 saturated heterocycles.